The minimum atomic E-state index is -0.867. The van der Waals surface area contributed by atoms with Crippen LogP contribution in [0.5, 0.6) is 17.2 Å². The summed E-state index contributed by atoms with van der Waals surface area (Å²) < 4.78 is 30.5. The first-order chi connectivity index (χ1) is 18.7. The average molecular weight is 550 g/mol. The fraction of sp³-hybridized carbons (Fsp3) is 0.233. The minimum Gasteiger partial charge on any atom is -0.493 e. The van der Waals surface area contributed by atoms with Crippen molar-refractivity contribution in [1.29, 1.82) is 0 Å². The van der Waals surface area contributed by atoms with E-state index in [2.05, 4.69) is 13.8 Å². The number of hydrogen-bond acceptors (Lipinski definition) is 7. The van der Waals surface area contributed by atoms with Gasteiger partial charge >= 0.3 is 5.97 Å². The summed E-state index contributed by atoms with van der Waals surface area (Å²) in [6, 6.07) is 16.2. The quantitative estimate of drug-likeness (QED) is 0.169. The zero-order valence-electron chi connectivity index (χ0n) is 22.0. The third-order valence-corrected chi connectivity index (χ3v) is 6.93. The Morgan fingerprint density at radius 3 is 2.51 bits per heavy atom. The van der Waals surface area contributed by atoms with Crippen LogP contribution in [-0.2, 0) is 4.79 Å². The highest BCUT2D eigenvalue weighted by atomic mass is 32.2. The number of rotatable bonds is 9. The maximum atomic E-state index is 13.9. The predicted molar refractivity (Wildman–Crippen MR) is 148 cm³/mol. The van der Waals surface area contributed by atoms with Gasteiger partial charge in [-0.05, 0) is 77.7 Å². The number of amides is 2. The number of methoxy groups -OCH3 is 1. The Bertz CT molecular complexity index is 1450. The van der Waals surface area contributed by atoms with Gasteiger partial charge < -0.3 is 14.2 Å². The van der Waals surface area contributed by atoms with E-state index < -0.39 is 17.7 Å². The van der Waals surface area contributed by atoms with Crippen molar-refractivity contribution in [3.63, 3.8) is 0 Å². The lowest BCUT2D eigenvalue weighted by atomic mass is 10.0. The van der Waals surface area contributed by atoms with Gasteiger partial charge in [-0.1, -0.05) is 44.2 Å². The Morgan fingerprint density at radius 1 is 1.03 bits per heavy atom. The summed E-state index contributed by atoms with van der Waals surface area (Å²) in [5.41, 5.74) is 2.48. The molecular weight excluding hydrogens is 521 g/mol. The zero-order chi connectivity index (χ0) is 28.1. The number of carbonyl (C=O) groups is 3. The molecule has 0 aliphatic carbocycles. The summed E-state index contributed by atoms with van der Waals surface area (Å²) in [5.74, 6) is -0.670. The van der Waals surface area contributed by atoms with E-state index in [1.165, 1.54) is 37.4 Å². The topological polar surface area (TPSA) is 82.1 Å². The van der Waals surface area contributed by atoms with E-state index in [0.29, 0.717) is 5.56 Å². The first kappa shape index (κ1) is 27.9. The number of benzene rings is 3. The molecule has 4 rings (SSSR count). The molecule has 0 radical (unpaired) electrons. The number of halogens is 1. The highest BCUT2D eigenvalue weighted by Crippen LogP contribution is 2.35. The standard InChI is InChI=1S/C30H28FNO6S/c1-18(2)21-11-9-19(3)15-25(21)37-14-13-32-28(33)27(39-30(32)35)17-20-10-12-24(26(16-20)36-4)38-29(34)22-7-5-6-8-23(22)31/h5-12,15-18H,13-14H2,1-4H3/b27-17-. The molecule has 7 nitrogen and oxygen atoms in total. The van der Waals surface area contributed by atoms with Gasteiger partial charge in [0.15, 0.2) is 11.5 Å². The molecule has 1 saturated heterocycles. The molecule has 202 valence electrons. The second kappa shape index (κ2) is 12.2. The van der Waals surface area contributed by atoms with Crippen LogP contribution >= 0.6 is 11.8 Å². The van der Waals surface area contributed by atoms with E-state index in [1.54, 1.807) is 18.2 Å². The number of ether oxygens (including phenoxy) is 3. The molecule has 1 heterocycles. The summed E-state index contributed by atoms with van der Waals surface area (Å²) in [6.45, 7) is 6.42. The molecule has 39 heavy (non-hydrogen) atoms. The van der Waals surface area contributed by atoms with Gasteiger partial charge in [-0.15, -0.1) is 0 Å². The van der Waals surface area contributed by atoms with Crippen molar-refractivity contribution in [2.45, 2.75) is 26.7 Å². The van der Waals surface area contributed by atoms with Crippen molar-refractivity contribution in [2.24, 2.45) is 0 Å². The lowest BCUT2D eigenvalue weighted by molar-refractivity contribution is -0.123. The van der Waals surface area contributed by atoms with E-state index in [0.717, 1.165) is 33.5 Å². The van der Waals surface area contributed by atoms with Gasteiger partial charge in [0.2, 0.25) is 0 Å². The maximum absolute atomic E-state index is 13.9. The third-order valence-electron chi connectivity index (χ3n) is 6.02. The van der Waals surface area contributed by atoms with Crippen molar-refractivity contribution in [2.75, 3.05) is 20.3 Å². The molecule has 3 aromatic rings. The monoisotopic (exact) mass is 549 g/mol. The van der Waals surface area contributed by atoms with E-state index in [9.17, 15) is 18.8 Å². The number of carbonyl (C=O) groups excluding carboxylic acids is 3. The molecule has 1 aliphatic heterocycles. The van der Waals surface area contributed by atoms with Gasteiger partial charge in [0, 0.05) is 0 Å². The SMILES string of the molecule is COc1cc(/C=C2\SC(=O)N(CCOc3cc(C)ccc3C(C)C)C2=O)ccc1OC(=O)c1ccccc1F. The highest BCUT2D eigenvalue weighted by molar-refractivity contribution is 8.18. The Hall–Kier alpha value is -4.11. The first-order valence-electron chi connectivity index (χ1n) is 12.3. The summed E-state index contributed by atoms with van der Waals surface area (Å²) in [5, 5.41) is -0.384. The van der Waals surface area contributed by atoms with Gasteiger partial charge in [0.1, 0.15) is 18.2 Å². The summed E-state index contributed by atoms with van der Waals surface area (Å²) in [7, 11) is 1.40. The second-order valence-electron chi connectivity index (χ2n) is 9.16. The largest absolute Gasteiger partial charge is 0.493 e. The van der Waals surface area contributed by atoms with Crippen molar-refractivity contribution >= 4 is 35.0 Å². The summed E-state index contributed by atoms with van der Waals surface area (Å²) in [6.07, 6.45) is 1.56. The van der Waals surface area contributed by atoms with Crippen LogP contribution in [0.2, 0.25) is 0 Å². The normalized spacial score (nSPS) is 14.3. The molecule has 0 saturated carbocycles. The van der Waals surface area contributed by atoms with Crippen molar-refractivity contribution in [3.05, 3.63) is 93.6 Å². The average Bonchev–Trinajstić information content (AvgIpc) is 3.16. The number of nitrogens with zero attached hydrogens (tertiary/aromatic N) is 1. The van der Waals surface area contributed by atoms with Gasteiger partial charge in [0.25, 0.3) is 11.1 Å². The Balaban J connectivity index is 1.44. The molecule has 3 aromatic carbocycles. The van der Waals surface area contributed by atoms with Crippen LogP contribution in [0.1, 0.15) is 46.8 Å². The number of imide groups is 1. The van der Waals surface area contributed by atoms with E-state index in [1.807, 2.05) is 25.1 Å². The molecule has 9 heteroatoms. The van der Waals surface area contributed by atoms with Gasteiger partial charge in [0.05, 0.1) is 24.1 Å². The number of thioether (sulfide) groups is 1. The van der Waals surface area contributed by atoms with Gasteiger partial charge in [-0.3, -0.25) is 14.5 Å². The van der Waals surface area contributed by atoms with Gasteiger partial charge in [-0.2, -0.15) is 0 Å². The van der Waals surface area contributed by atoms with Crippen LogP contribution in [0, 0.1) is 12.7 Å². The summed E-state index contributed by atoms with van der Waals surface area (Å²) >= 11 is 0.836. The maximum Gasteiger partial charge on any atom is 0.346 e. The molecule has 2 amide bonds. The van der Waals surface area contributed by atoms with Crippen LogP contribution in [0.3, 0.4) is 0 Å². The van der Waals surface area contributed by atoms with Crippen LogP contribution in [0.25, 0.3) is 6.08 Å². The highest BCUT2D eigenvalue weighted by Gasteiger charge is 2.35. The van der Waals surface area contributed by atoms with Crippen LogP contribution in [0.4, 0.5) is 9.18 Å². The molecule has 0 aromatic heterocycles. The number of esters is 1. The third kappa shape index (κ3) is 6.49. The zero-order valence-corrected chi connectivity index (χ0v) is 22.8. The van der Waals surface area contributed by atoms with Gasteiger partial charge in [-0.25, -0.2) is 9.18 Å². The molecular formula is C30H28FNO6S. The van der Waals surface area contributed by atoms with Crippen LogP contribution < -0.4 is 14.2 Å². The van der Waals surface area contributed by atoms with E-state index in [-0.39, 0.29) is 46.3 Å². The minimum absolute atomic E-state index is 0.0880. The Kier molecular flexibility index (Phi) is 8.71. The Labute approximate surface area is 230 Å². The fourth-order valence-electron chi connectivity index (χ4n) is 3.97. The Morgan fingerprint density at radius 2 is 1.79 bits per heavy atom. The first-order valence-corrected chi connectivity index (χ1v) is 13.1. The smallest absolute Gasteiger partial charge is 0.346 e. The van der Waals surface area contributed by atoms with Crippen LogP contribution in [0.15, 0.2) is 65.6 Å². The second-order valence-corrected chi connectivity index (χ2v) is 10.2. The number of hydrogen-bond donors (Lipinski definition) is 0. The molecule has 0 N–H and O–H groups in total. The molecule has 0 atom stereocenters. The molecule has 0 unspecified atom stereocenters. The van der Waals surface area contributed by atoms with Crippen LogP contribution in [-0.4, -0.2) is 42.3 Å². The molecule has 1 aliphatic rings. The lowest BCUT2D eigenvalue weighted by Gasteiger charge is -2.17. The fourth-order valence-corrected chi connectivity index (χ4v) is 4.84. The molecule has 1 fully saturated rings. The lowest BCUT2D eigenvalue weighted by Crippen LogP contribution is -2.32. The molecule has 0 bridgehead atoms. The molecule has 0 spiro atoms. The van der Waals surface area contributed by atoms with E-state index >= 15 is 0 Å². The number of aryl methyl sites for hydroxylation is 1. The van der Waals surface area contributed by atoms with Crippen molar-refractivity contribution in [3.8, 4) is 17.2 Å². The predicted octanol–water partition coefficient (Wildman–Crippen LogP) is 6.60. The summed E-state index contributed by atoms with van der Waals surface area (Å²) in [4.78, 5) is 39.3. The van der Waals surface area contributed by atoms with Crippen molar-refractivity contribution < 1.29 is 33.0 Å². The van der Waals surface area contributed by atoms with Crippen molar-refractivity contribution in [1.82, 2.24) is 4.90 Å². The van der Waals surface area contributed by atoms with E-state index in [4.69, 9.17) is 14.2 Å².